The summed E-state index contributed by atoms with van der Waals surface area (Å²) in [6.45, 7) is 6.34. The molecule has 1 atom stereocenters. The van der Waals surface area contributed by atoms with Gasteiger partial charge in [0, 0.05) is 28.1 Å². The summed E-state index contributed by atoms with van der Waals surface area (Å²) in [4.78, 5) is 25.4. The Kier molecular flexibility index (Phi) is 7.13. The zero-order valence-electron chi connectivity index (χ0n) is 17.9. The van der Waals surface area contributed by atoms with Crippen molar-refractivity contribution in [3.8, 4) is 0 Å². The molecule has 1 aliphatic carbocycles. The molecule has 3 nitrogen and oxygen atoms in total. The fraction of sp³-hybridized carbons (Fsp3) is 0.269. The van der Waals surface area contributed by atoms with Crippen molar-refractivity contribution in [3.63, 3.8) is 0 Å². The molecular formula is C26H25BrClNO2. The third-order valence-electron chi connectivity index (χ3n) is 6.03. The first-order chi connectivity index (χ1) is 14.3. The van der Waals surface area contributed by atoms with Gasteiger partial charge in [-0.25, -0.2) is 4.57 Å². The summed E-state index contributed by atoms with van der Waals surface area (Å²) in [6, 6.07) is 13.8. The molecule has 1 heterocycles. The summed E-state index contributed by atoms with van der Waals surface area (Å²) >= 11 is 6.09. The molecule has 0 N–H and O–H groups in total. The molecule has 0 bridgehead atoms. The summed E-state index contributed by atoms with van der Waals surface area (Å²) in [5.41, 5.74) is 7.02. The van der Waals surface area contributed by atoms with Crippen LogP contribution in [0.3, 0.4) is 0 Å². The Morgan fingerprint density at radius 2 is 1.87 bits per heavy atom. The first-order valence-electron chi connectivity index (χ1n) is 10.2. The lowest BCUT2D eigenvalue weighted by molar-refractivity contribution is -0.688. The Bertz CT molecular complexity index is 1170. The topological polar surface area (TPSA) is 38.0 Å². The number of Topliss-reactive ketones (excluding diaryl/α,β-unsaturated/α-hetero) is 2. The Morgan fingerprint density at radius 1 is 1.13 bits per heavy atom. The Morgan fingerprint density at radius 3 is 2.58 bits per heavy atom. The van der Waals surface area contributed by atoms with Gasteiger partial charge in [0.25, 0.3) is 0 Å². The van der Waals surface area contributed by atoms with E-state index in [0.29, 0.717) is 23.6 Å². The molecule has 0 saturated carbocycles. The number of carbonyl (C=O) groups excluding carboxylic acids is 2. The number of rotatable bonds is 5. The molecule has 0 aliphatic heterocycles. The van der Waals surface area contributed by atoms with Gasteiger partial charge in [-0.3, -0.25) is 9.59 Å². The molecule has 5 heteroatoms. The Balaban J connectivity index is 0.00000272. The molecule has 1 aromatic heterocycles. The SMILES string of the molecule is CC(=O)c1c[n+](Cc2cccc(Cl)c2)ccc1CC1Cc2cc(C)c(C)cc2C1=O.[Br-]. The predicted octanol–water partition coefficient (Wildman–Crippen LogP) is 2.10. The van der Waals surface area contributed by atoms with E-state index in [9.17, 15) is 9.59 Å². The number of halogens is 2. The Labute approximate surface area is 198 Å². The van der Waals surface area contributed by atoms with Crippen LogP contribution in [0, 0.1) is 19.8 Å². The minimum Gasteiger partial charge on any atom is -1.00 e. The molecule has 0 radical (unpaired) electrons. The number of hydrogen-bond donors (Lipinski definition) is 0. The van der Waals surface area contributed by atoms with Crippen molar-refractivity contribution in [2.45, 2.75) is 40.2 Å². The summed E-state index contributed by atoms with van der Waals surface area (Å²) in [7, 11) is 0. The maximum Gasteiger partial charge on any atom is 0.180 e. The molecule has 3 aromatic rings. The molecule has 4 rings (SSSR count). The van der Waals surface area contributed by atoms with Gasteiger partial charge >= 0.3 is 0 Å². The summed E-state index contributed by atoms with van der Waals surface area (Å²) < 4.78 is 1.99. The number of ketones is 2. The second-order valence-electron chi connectivity index (χ2n) is 8.31. The van der Waals surface area contributed by atoms with Crippen molar-refractivity contribution in [1.29, 1.82) is 0 Å². The molecule has 0 spiro atoms. The van der Waals surface area contributed by atoms with Crippen LogP contribution < -0.4 is 21.5 Å². The third kappa shape index (κ3) is 4.97. The molecule has 0 amide bonds. The van der Waals surface area contributed by atoms with Crippen LogP contribution in [0.1, 0.15) is 55.5 Å². The highest BCUT2D eigenvalue weighted by atomic mass is 79.9. The quantitative estimate of drug-likeness (QED) is 0.399. The average Bonchev–Trinajstić information content (AvgIpc) is 2.98. The second kappa shape index (κ2) is 9.46. The first kappa shape index (κ1) is 23.4. The molecule has 1 aliphatic rings. The number of benzene rings is 2. The van der Waals surface area contributed by atoms with Crippen molar-refractivity contribution in [2.24, 2.45) is 5.92 Å². The number of pyridine rings is 1. The van der Waals surface area contributed by atoms with Gasteiger partial charge in [-0.2, -0.15) is 0 Å². The van der Waals surface area contributed by atoms with Gasteiger partial charge in [0.1, 0.15) is 0 Å². The summed E-state index contributed by atoms with van der Waals surface area (Å²) in [5, 5.41) is 0.696. The van der Waals surface area contributed by atoms with E-state index in [0.717, 1.165) is 34.2 Å². The van der Waals surface area contributed by atoms with Crippen LogP contribution in [0.4, 0.5) is 0 Å². The summed E-state index contributed by atoms with van der Waals surface area (Å²) in [5.74, 6) is 0.0985. The van der Waals surface area contributed by atoms with Crippen LogP contribution in [-0.4, -0.2) is 11.6 Å². The van der Waals surface area contributed by atoms with E-state index in [2.05, 4.69) is 13.0 Å². The smallest absolute Gasteiger partial charge is 0.180 e. The fourth-order valence-corrected chi connectivity index (χ4v) is 4.50. The first-order valence-corrected chi connectivity index (χ1v) is 10.6. The largest absolute Gasteiger partial charge is 1.00 e. The van der Waals surface area contributed by atoms with Crippen LogP contribution in [0.25, 0.3) is 0 Å². The van der Waals surface area contributed by atoms with E-state index in [1.807, 2.05) is 60.3 Å². The number of aryl methyl sites for hydroxylation is 2. The van der Waals surface area contributed by atoms with Crippen LogP contribution >= 0.6 is 11.6 Å². The minimum absolute atomic E-state index is 0. The maximum absolute atomic E-state index is 13.0. The highest BCUT2D eigenvalue weighted by Gasteiger charge is 2.32. The summed E-state index contributed by atoms with van der Waals surface area (Å²) in [6.07, 6.45) is 5.19. The van der Waals surface area contributed by atoms with Crippen LogP contribution in [0.15, 0.2) is 54.9 Å². The van der Waals surface area contributed by atoms with Crippen LogP contribution in [-0.2, 0) is 19.4 Å². The van der Waals surface area contributed by atoms with E-state index < -0.39 is 0 Å². The van der Waals surface area contributed by atoms with Gasteiger partial charge < -0.3 is 17.0 Å². The van der Waals surface area contributed by atoms with Gasteiger partial charge in [-0.15, -0.1) is 0 Å². The number of hydrogen-bond acceptors (Lipinski definition) is 2. The zero-order chi connectivity index (χ0) is 21.4. The monoisotopic (exact) mass is 497 g/mol. The molecule has 1 unspecified atom stereocenters. The molecule has 2 aromatic carbocycles. The standard InChI is InChI=1S/C26H25ClNO2.BrH/c1-16-9-21-13-22(26(30)24(21)10-17(16)2)12-20-7-8-28(15-25(20)18(3)29)14-19-5-4-6-23(27)11-19;/h4-11,15,22H,12-14H2,1-3H3;1H/q+1;/p-1. The van der Waals surface area contributed by atoms with E-state index in [4.69, 9.17) is 11.6 Å². The van der Waals surface area contributed by atoms with Gasteiger partial charge in [-0.1, -0.05) is 29.8 Å². The maximum atomic E-state index is 13.0. The minimum atomic E-state index is -0.108. The molecule has 0 saturated heterocycles. The van der Waals surface area contributed by atoms with Crippen LogP contribution in [0.5, 0.6) is 0 Å². The van der Waals surface area contributed by atoms with Gasteiger partial charge in [-0.05, 0) is 74.1 Å². The van der Waals surface area contributed by atoms with Crippen LogP contribution in [0.2, 0.25) is 5.02 Å². The highest BCUT2D eigenvalue weighted by molar-refractivity contribution is 6.30. The van der Waals surface area contributed by atoms with Crippen molar-refractivity contribution >= 4 is 23.2 Å². The van der Waals surface area contributed by atoms with Gasteiger partial charge in [0.05, 0.1) is 5.56 Å². The van der Waals surface area contributed by atoms with E-state index in [-0.39, 0.29) is 34.5 Å². The zero-order valence-corrected chi connectivity index (χ0v) is 20.3. The van der Waals surface area contributed by atoms with E-state index in [1.165, 1.54) is 5.56 Å². The molecule has 0 fully saturated rings. The number of nitrogens with zero attached hydrogens (tertiary/aromatic N) is 1. The average molecular weight is 499 g/mol. The molecular weight excluding hydrogens is 474 g/mol. The fourth-order valence-electron chi connectivity index (χ4n) is 4.29. The number of aromatic nitrogens is 1. The number of carbonyl (C=O) groups is 2. The Hall–Kier alpha value is -2.30. The lowest BCUT2D eigenvalue weighted by Gasteiger charge is -2.11. The highest BCUT2D eigenvalue weighted by Crippen LogP contribution is 2.31. The van der Waals surface area contributed by atoms with Crippen molar-refractivity contribution in [2.75, 3.05) is 0 Å². The normalized spacial score (nSPS) is 14.8. The van der Waals surface area contributed by atoms with E-state index >= 15 is 0 Å². The van der Waals surface area contributed by atoms with Gasteiger partial charge in [0.2, 0.25) is 0 Å². The molecule has 31 heavy (non-hydrogen) atoms. The number of fused-ring (bicyclic) bond motifs is 1. The lowest BCUT2D eigenvalue weighted by atomic mass is 9.92. The third-order valence-corrected chi connectivity index (χ3v) is 6.27. The van der Waals surface area contributed by atoms with Gasteiger partial charge in [0.15, 0.2) is 30.5 Å². The predicted molar refractivity (Wildman–Crippen MR) is 118 cm³/mol. The van der Waals surface area contributed by atoms with Crippen molar-refractivity contribution < 1.29 is 31.1 Å². The second-order valence-corrected chi connectivity index (χ2v) is 8.74. The van der Waals surface area contributed by atoms with E-state index in [1.54, 1.807) is 6.92 Å². The molecule has 160 valence electrons. The van der Waals surface area contributed by atoms with Crippen molar-refractivity contribution in [1.82, 2.24) is 0 Å². The lowest BCUT2D eigenvalue weighted by Crippen LogP contribution is -3.00. The van der Waals surface area contributed by atoms with Crippen molar-refractivity contribution in [3.05, 3.63) is 98.8 Å².